The number of halogens is 1. The third kappa shape index (κ3) is 3.45. The summed E-state index contributed by atoms with van der Waals surface area (Å²) in [5.74, 6) is 0. The molecule has 0 N–H and O–H groups in total. The van der Waals surface area contributed by atoms with Gasteiger partial charge in [-0.15, -0.1) is 0 Å². The van der Waals surface area contributed by atoms with Crippen LogP contribution in [0.1, 0.15) is 0 Å². The summed E-state index contributed by atoms with van der Waals surface area (Å²) >= 11 is 3.60. The van der Waals surface area contributed by atoms with Crippen molar-refractivity contribution in [1.82, 2.24) is 0 Å². The molecule has 0 saturated carbocycles. The summed E-state index contributed by atoms with van der Waals surface area (Å²) in [7, 11) is 1.65. The van der Waals surface area contributed by atoms with Gasteiger partial charge in [0.1, 0.15) is 7.85 Å². The van der Waals surface area contributed by atoms with E-state index < -0.39 is 7.92 Å². The van der Waals surface area contributed by atoms with E-state index in [0.29, 0.717) is 0 Å². The zero-order valence-corrected chi connectivity index (χ0v) is 14.3. The van der Waals surface area contributed by atoms with Gasteiger partial charge in [0.25, 0.3) is 0 Å². The third-order valence-electron chi connectivity index (χ3n) is 3.34. The van der Waals surface area contributed by atoms with Gasteiger partial charge in [0, 0.05) is 4.47 Å². The van der Waals surface area contributed by atoms with Crippen LogP contribution < -0.4 is 21.4 Å². The lowest BCUT2D eigenvalue weighted by Gasteiger charge is -2.20. The van der Waals surface area contributed by atoms with Gasteiger partial charge in [0.15, 0.2) is 0 Å². The fourth-order valence-corrected chi connectivity index (χ4v) is 5.42. The molecule has 1 atom stereocenters. The Kier molecular flexibility index (Phi) is 4.58. The van der Waals surface area contributed by atoms with Gasteiger partial charge >= 0.3 is 0 Å². The van der Waals surface area contributed by atoms with Crippen LogP contribution in [0.25, 0.3) is 0 Å². The second-order valence-electron chi connectivity index (χ2n) is 4.99. The highest BCUT2D eigenvalue weighted by Gasteiger charge is 2.16. The van der Waals surface area contributed by atoms with E-state index in [1.165, 1.54) is 21.4 Å². The van der Waals surface area contributed by atoms with Crippen LogP contribution in [0.4, 0.5) is 0 Å². The Balaban J connectivity index is 2.16. The number of benzene rings is 3. The Bertz CT molecular complexity index is 697. The molecule has 0 saturated heterocycles. The first kappa shape index (κ1) is 14.6. The van der Waals surface area contributed by atoms with Gasteiger partial charge in [-0.3, -0.25) is 0 Å². The fourth-order valence-electron chi connectivity index (χ4n) is 2.41. The Morgan fingerprint density at radius 2 is 1.29 bits per heavy atom. The molecule has 0 radical (unpaired) electrons. The molecule has 0 bridgehead atoms. The summed E-state index contributed by atoms with van der Waals surface area (Å²) < 4.78 is 1.14. The molecule has 0 amide bonds. The van der Waals surface area contributed by atoms with Crippen molar-refractivity contribution in [2.75, 3.05) is 0 Å². The van der Waals surface area contributed by atoms with Gasteiger partial charge in [-0.1, -0.05) is 88.1 Å². The van der Waals surface area contributed by atoms with E-state index in [1.807, 2.05) is 0 Å². The van der Waals surface area contributed by atoms with E-state index in [9.17, 15) is 0 Å². The first-order valence-electron chi connectivity index (χ1n) is 6.91. The monoisotopic (exact) mass is 352 g/mol. The fraction of sp³-hybridized carbons (Fsp3) is 0. The molecule has 3 heteroatoms. The molecule has 0 fully saturated rings. The van der Waals surface area contributed by atoms with E-state index in [0.717, 1.165) is 4.47 Å². The van der Waals surface area contributed by atoms with Crippen LogP contribution in [0.3, 0.4) is 0 Å². The second-order valence-corrected chi connectivity index (χ2v) is 8.13. The van der Waals surface area contributed by atoms with Crippen molar-refractivity contribution in [3.05, 3.63) is 83.3 Å². The SMILES string of the molecule is Bc1cccc(P(c2ccccc2)c2cccc(Br)c2)c1. The predicted molar refractivity (Wildman–Crippen MR) is 101 cm³/mol. The lowest BCUT2D eigenvalue weighted by Crippen LogP contribution is -2.23. The Morgan fingerprint density at radius 3 is 1.95 bits per heavy atom. The average molecular weight is 353 g/mol. The summed E-state index contributed by atoms with van der Waals surface area (Å²) in [6, 6.07) is 28.3. The minimum absolute atomic E-state index is 0.508. The Labute approximate surface area is 136 Å². The van der Waals surface area contributed by atoms with Crippen LogP contribution in [-0.2, 0) is 0 Å². The van der Waals surface area contributed by atoms with Gasteiger partial charge in [-0.2, -0.15) is 0 Å². The highest BCUT2D eigenvalue weighted by Crippen LogP contribution is 2.33. The van der Waals surface area contributed by atoms with Crippen molar-refractivity contribution in [3.8, 4) is 0 Å². The summed E-state index contributed by atoms with van der Waals surface area (Å²) in [4.78, 5) is 0. The first-order chi connectivity index (χ1) is 10.2. The molecule has 102 valence electrons. The predicted octanol–water partition coefficient (Wildman–Crippen LogP) is 2.47. The van der Waals surface area contributed by atoms with Gasteiger partial charge < -0.3 is 0 Å². The zero-order valence-electron chi connectivity index (χ0n) is 11.8. The van der Waals surface area contributed by atoms with Gasteiger partial charge in [0.05, 0.1) is 0 Å². The van der Waals surface area contributed by atoms with Crippen LogP contribution in [-0.4, -0.2) is 7.85 Å². The molecule has 0 aliphatic heterocycles. The van der Waals surface area contributed by atoms with Crippen LogP contribution in [0, 0.1) is 0 Å². The molecule has 0 aromatic heterocycles. The van der Waals surface area contributed by atoms with Crippen molar-refractivity contribution in [2.45, 2.75) is 0 Å². The molecule has 1 unspecified atom stereocenters. The lowest BCUT2D eigenvalue weighted by atomic mass is 9.97. The summed E-state index contributed by atoms with van der Waals surface area (Å²) in [5.41, 5.74) is 1.31. The minimum Gasteiger partial charge on any atom is -0.0883 e. The maximum atomic E-state index is 3.60. The average Bonchev–Trinajstić information content (AvgIpc) is 2.49. The molecule has 0 heterocycles. The normalized spacial score (nSPS) is 12.0. The highest BCUT2D eigenvalue weighted by molar-refractivity contribution is 9.10. The van der Waals surface area contributed by atoms with E-state index in [-0.39, 0.29) is 0 Å². The molecule has 0 aliphatic carbocycles. The molecule has 3 rings (SSSR count). The van der Waals surface area contributed by atoms with Crippen LogP contribution in [0.2, 0.25) is 0 Å². The number of hydrogen-bond acceptors (Lipinski definition) is 0. The maximum absolute atomic E-state index is 3.60. The largest absolute Gasteiger partial charge is 0.139 e. The van der Waals surface area contributed by atoms with E-state index in [4.69, 9.17) is 0 Å². The number of hydrogen-bond donors (Lipinski definition) is 0. The number of rotatable bonds is 3. The van der Waals surface area contributed by atoms with Crippen LogP contribution >= 0.6 is 23.9 Å². The van der Waals surface area contributed by atoms with Crippen LogP contribution in [0.15, 0.2) is 83.3 Å². The zero-order chi connectivity index (χ0) is 14.7. The molecule has 0 nitrogen and oxygen atoms in total. The standard InChI is InChI=1S/C18H15BBrP/c19-14-6-4-10-17(12-14)21(16-8-2-1-3-9-16)18-11-5-7-15(20)13-18/h1-13H,19H2. The molecule has 0 aliphatic rings. The molecule has 21 heavy (non-hydrogen) atoms. The Hall–Kier alpha value is -1.37. The summed E-state index contributed by atoms with van der Waals surface area (Å²) in [6.07, 6.45) is 0. The van der Waals surface area contributed by atoms with Crippen molar-refractivity contribution in [2.24, 2.45) is 0 Å². The summed E-state index contributed by atoms with van der Waals surface area (Å²) in [5, 5.41) is 4.15. The lowest BCUT2D eigenvalue weighted by molar-refractivity contribution is 1.70. The molecule has 0 spiro atoms. The van der Waals surface area contributed by atoms with Crippen molar-refractivity contribution in [3.63, 3.8) is 0 Å². The first-order valence-corrected chi connectivity index (χ1v) is 9.05. The minimum atomic E-state index is -0.508. The van der Waals surface area contributed by atoms with Crippen molar-refractivity contribution < 1.29 is 0 Å². The third-order valence-corrected chi connectivity index (χ3v) is 6.24. The van der Waals surface area contributed by atoms with E-state index in [2.05, 4.69) is 103 Å². The summed E-state index contributed by atoms with van der Waals surface area (Å²) in [6.45, 7) is 0. The van der Waals surface area contributed by atoms with Gasteiger partial charge in [-0.25, -0.2) is 0 Å². The Morgan fingerprint density at radius 1 is 0.667 bits per heavy atom. The van der Waals surface area contributed by atoms with Crippen LogP contribution in [0.5, 0.6) is 0 Å². The molecule has 3 aromatic carbocycles. The molecule has 3 aromatic rings. The maximum Gasteiger partial charge on any atom is 0.139 e. The molecular formula is C18H15BBrP. The van der Waals surface area contributed by atoms with Gasteiger partial charge in [-0.05, 0) is 36.0 Å². The van der Waals surface area contributed by atoms with E-state index in [1.54, 1.807) is 0 Å². The highest BCUT2D eigenvalue weighted by atomic mass is 79.9. The second kappa shape index (κ2) is 6.60. The van der Waals surface area contributed by atoms with Gasteiger partial charge in [0.2, 0.25) is 0 Å². The van der Waals surface area contributed by atoms with E-state index >= 15 is 0 Å². The smallest absolute Gasteiger partial charge is 0.0883 e. The van der Waals surface area contributed by atoms with Crippen molar-refractivity contribution >= 4 is 53.1 Å². The topological polar surface area (TPSA) is 0 Å². The molecular weight excluding hydrogens is 338 g/mol. The van der Waals surface area contributed by atoms with Crippen molar-refractivity contribution in [1.29, 1.82) is 0 Å². The quantitative estimate of drug-likeness (QED) is 0.502.